The number of benzene rings is 3. The second kappa shape index (κ2) is 11.0. The number of ether oxygens (including phenoxy) is 1. The van der Waals surface area contributed by atoms with Crippen LogP contribution in [0.25, 0.3) is 0 Å². The Morgan fingerprint density at radius 2 is 1.58 bits per heavy atom. The Bertz CT molecular complexity index is 1160. The number of aryl methyl sites for hydroxylation is 1. The summed E-state index contributed by atoms with van der Waals surface area (Å²) in [7, 11) is -3.92. The number of amides is 1. The molecule has 1 N–H and O–H groups in total. The predicted octanol–water partition coefficient (Wildman–Crippen LogP) is 4.51. The van der Waals surface area contributed by atoms with E-state index in [1.165, 1.54) is 12.1 Å². The average molecular weight is 467 g/mol. The van der Waals surface area contributed by atoms with E-state index in [1.807, 2.05) is 43.3 Å². The predicted molar refractivity (Wildman–Crippen MR) is 131 cm³/mol. The fourth-order valence-electron chi connectivity index (χ4n) is 3.32. The number of sulfonamides is 1. The van der Waals surface area contributed by atoms with Gasteiger partial charge in [0.25, 0.3) is 10.0 Å². The van der Waals surface area contributed by atoms with Crippen LogP contribution in [-0.2, 0) is 14.8 Å². The van der Waals surface area contributed by atoms with Crippen molar-refractivity contribution in [2.45, 2.75) is 31.6 Å². The summed E-state index contributed by atoms with van der Waals surface area (Å²) in [5, 5.41) is 2.76. The number of nitrogens with zero attached hydrogens (tertiary/aromatic N) is 1. The van der Waals surface area contributed by atoms with E-state index >= 15 is 0 Å². The third-order valence-corrected chi connectivity index (χ3v) is 7.03. The van der Waals surface area contributed by atoms with E-state index in [9.17, 15) is 13.2 Å². The number of nitrogens with one attached hydrogen (secondary N) is 1. The summed E-state index contributed by atoms with van der Waals surface area (Å²) in [5.41, 5.74) is 2.54. The summed E-state index contributed by atoms with van der Waals surface area (Å²) in [4.78, 5) is 12.8. The lowest BCUT2D eigenvalue weighted by molar-refractivity contribution is -0.119. The van der Waals surface area contributed by atoms with Gasteiger partial charge in [0, 0.05) is 0 Å². The molecule has 1 amide bonds. The van der Waals surface area contributed by atoms with Gasteiger partial charge in [0.2, 0.25) is 5.91 Å². The zero-order valence-corrected chi connectivity index (χ0v) is 20.0. The number of hydrogen-bond donors (Lipinski definition) is 1. The van der Waals surface area contributed by atoms with E-state index in [4.69, 9.17) is 4.74 Å². The molecule has 7 heteroatoms. The van der Waals surface area contributed by atoms with Crippen LogP contribution in [0, 0.1) is 6.92 Å². The van der Waals surface area contributed by atoms with E-state index in [1.54, 1.807) is 30.3 Å². The first kappa shape index (κ1) is 24.3. The van der Waals surface area contributed by atoms with Crippen LogP contribution in [-0.4, -0.2) is 34.0 Å². The molecule has 0 radical (unpaired) electrons. The number of rotatable bonds is 10. The maximum absolute atomic E-state index is 13.4. The zero-order valence-electron chi connectivity index (χ0n) is 19.2. The Labute approximate surface area is 196 Å². The minimum Gasteiger partial charge on any atom is -0.491 e. The molecule has 0 saturated carbocycles. The van der Waals surface area contributed by atoms with Gasteiger partial charge in [-0.2, -0.15) is 0 Å². The fraction of sp³-hybridized carbons (Fsp3) is 0.269. The van der Waals surface area contributed by atoms with Crippen LogP contribution < -0.4 is 14.4 Å². The van der Waals surface area contributed by atoms with Crippen LogP contribution in [0.2, 0.25) is 0 Å². The van der Waals surface area contributed by atoms with Crippen LogP contribution >= 0.6 is 0 Å². The highest BCUT2D eigenvalue weighted by molar-refractivity contribution is 7.92. The highest BCUT2D eigenvalue weighted by Gasteiger charge is 2.27. The Morgan fingerprint density at radius 3 is 2.21 bits per heavy atom. The minimum absolute atomic E-state index is 0.133. The minimum atomic E-state index is -3.92. The van der Waals surface area contributed by atoms with E-state index < -0.39 is 15.9 Å². The van der Waals surface area contributed by atoms with Crippen molar-refractivity contribution >= 4 is 21.6 Å². The molecule has 0 aromatic heterocycles. The quantitative estimate of drug-likeness (QED) is 0.446. The van der Waals surface area contributed by atoms with Gasteiger partial charge in [0.15, 0.2) is 0 Å². The largest absolute Gasteiger partial charge is 0.491 e. The molecule has 6 nitrogen and oxygen atoms in total. The van der Waals surface area contributed by atoms with Crippen LogP contribution in [0.15, 0.2) is 83.8 Å². The van der Waals surface area contributed by atoms with Crippen molar-refractivity contribution in [2.24, 2.45) is 0 Å². The lowest BCUT2D eigenvalue weighted by Crippen LogP contribution is -2.41. The summed E-state index contributed by atoms with van der Waals surface area (Å²) in [5.74, 6) is 0.663. The molecule has 0 aliphatic heterocycles. The van der Waals surface area contributed by atoms with Gasteiger partial charge in [0.1, 0.15) is 18.9 Å². The maximum atomic E-state index is 13.4. The monoisotopic (exact) mass is 466 g/mol. The molecule has 0 bridgehead atoms. The second-order valence-electron chi connectivity index (χ2n) is 8.03. The van der Waals surface area contributed by atoms with Gasteiger partial charge in [-0.25, -0.2) is 8.42 Å². The smallest absolute Gasteiger partial charge is 0.264 e. The summed E-state index contributed by atoms with van der Waals surface area (Å²) in [6.07, 6.45) is 0. The van der Waals surface area contributed by atoms with Crippen LogP contribution in [0.1, 0.15) is 30.9 Å². The van der Waals surface area contributed by atoms with E-state index in [-0.39, 0.29) is 24.6 Å². The first-order valence-corrected chi connectivity index (χ1v) is 12.4. The van der Waals surface area contributed by atoms with Crippen molar-refractivity contribution in [1.82, 2.24) is 5.32 Å². The van der Waals surface area contributed by atoms with Crippen molar-refractivity contribution < 1.29 is 17.9 Å². The van der Waals surface area contributed by atoms with Gasteiger partial charge in [-0.05, 0) is 54.3 Å². The number of carbonyl (C=O) groups excluding carboxylic acids is 1. The molecule has 3 aromatic rings. The van der Waals surface area contributed by atoms with E-state index in [0.717, 1.165) is 21.2 Å². The van der Waals surface area contributed by atoms with Crippen molar-refractivity contribution in [1.29, 1.82) is 0 Å². The first-order valence-electron chi connectivity index (χ1n) is 10.9. The van der Waals surface area contributed by atoms with Gasteiger partial charge >= 0.3 is 0 Å². The van der Waals surface area contributed by atoms with Gasteiger partial charge < -0.3 is 10.1 Å². The molecule has 0 aliphatic rings. The van der Waals surface area contributed by atoms with Crippen molar-refractivity contribution in [3.05, 3.63) is 90.0 Å². The molecular formula is C26H30N2O4S. The topological polar surface area (TPSA) is 75.7 Å². The number of hydrogen-bond acceptors (Lipinski definition) is 4. The lowest BCUT2D eigenvalue weighted by atomic mass is 10.0. The molecule has 174 valence electrons. The maximum Gasteiger partial charge on any atom is 0.264 e. The van der Waals surface area contributed by atoms with Crippen LogP contribution in [0.3, 0.4) is 0 Å². The average Bonchev–Trinajstić information content (AvgIpc) is 2.82. The van der Waals surface area contributed by atoms with Gasteiger partial charge in [-0.15, -0.1) is 0 Å². The molecular weight excluding hydrogens is 436 g/mol. The molecule has 0 saturated heterocycles. The molecule has 0 atom stereocenters. The van der Waals surface area contributed by atoms with Crippen LogP contribution in [0.4, 0.5) is 5.69 Å². The zero-order chi connectivity index (χ0) is 23.8. The van der Waals surface area contributed by atoms with Crippen LogP contribution in [0.5, 0.6) is 5.75 Å². The second-order valence-corrected chi connectivity index (χ2v) is 9.90. The lowest BCUT2D eigenvalue weighted by Gasteiger charge is -2.24. The highest BCUT2D eigenvalue weighted by atomic mass is 32.2. The number of carbonyl (C=O) groups is 1. The summed E-state index contributed by atoms with van der Waals surface area (Å²) < 4.78 is 33.6. The Kier molecular flexibility index (Phi) is 8.11. The van der Waals surface area contributed by atoms with E-state index in [2.05, 4.69) is 19.2 Å². The molecule has 0 fully saturated rings. The van der Waals surface area contributed by atoms with Crippen molar-refractivity contribution in [3.63, 3.8) is 0 Å². The Morgan fingerprint density at radius 1 is 0.939 bits per heavy atom. The SMILES string of the molecule is Cc1ccccc1OCCNC(=O)CN(c1ccc(C(C)C)cc1)S(=O)(=O)c1ccccc1. The fourth-order valence-corrected chi connectivity index (χ4v) is 4.76. The summed E-state index contributed by atoms with van der Waals surface area (Å²) in [6.45, 7) is 6.30. The third kappa shape index (κ3) is 6.35. The van der Waals surface area contributed by atoms with Crippen molar-refractivity contribution in [3.8, 4) is 5.75 Å². The molecule has 0 spiro atoms. The molecule has 3 rings (SSSR count). The number of para-hydroxylation sites is 1. The summed E-state index contributed by atoms with van der Waals surface area (Å²) in [6, 6.07) is 23.0. The molecule has 33 heavy (non-hydrogen) atoms. The molecule has 0 unspecified atom stereocenters. The van der Waals surface area contributed by atoms with Gasteiger partial charge in [-0.3, -0.25) is 9.10 Å². The standard InChI is InChI=1S/C26H30N2O4S/c1-20(2)22-13-15-23(16-14-22)28(33(30,31)24-10-5-4-6-11-24)19-26(29)27-17-18-32-25-12-8-7-9-21(25)3/h4-16,20H,17-19H2,1-3H3,(H,27,29). The molecule has 3 aromatic carbocycles. The first-order chi connectivity index (χ1) is 15.8. The van der Waals surface area contributed by atoms with E-state index in [0.29, 0.717) is 11.6 Å². The van der Waals surface area contributed by atoms with Gasteiger partial charge in [0.05, 0.1) is 17.1 Å². The Balaban J connectivity index is 1.72. The normalized spacial score (nSPS) is 11.3. The van der Waals surface area contributed by atoms with Gasteiger partial charge in [-0.1, -0.05) is 62.4 Å². The third-order valence-electron chi connectivity index (χ3n) is 5.24. The molecule has 0 heterocycles. The number of anilines is 1. The van der Waals surface area contributed by atoms with Crippen molar-refractivity contribution in [2.75, 3.05) is 24.0 Å². The Hall–Kier alpha value is -3.32. The molecule has 0 aliphatic carbocycles. The summed E-state index contributed by atoms with van der Waals surface area (Å²) >= 11 is 0. The highest BCUT2D eigenvalue weighted by Crippen LogP contribution is 2.25.